The number of methoxy groups -OCH3 is 1. The van der Waals surface area contributed by atoms with Gasteiger partial charge in [0.15, 0.2) is 5.82 Å². The zero-order valence-corrected chi connectivity index (χ0v) is 17.4. The van der Waals surface area contributed by atoms with E-state index in [0.717, 1.165) is 39.8 Å². The molecule has 0 saturated carbocycles. The van der Waals surface area contributed by atoms with Crippen LogP contribution in [0.2, 0.25) is 0 Å². The number of quaternary nitrogens is 1. The first-order valence-electron chi connectivity index (χ1n) is 9.17. The van der Waals surface area contributed by atoms with Crippen molar-refractivity contribution in [2.75, 3.05) is 13.7 Å². The molecule has 4 aromatic rings. The number of nitrogens with one attached hydrogen (secondary N) is 1. The monoisotopic (exact) mass is 412 g/mol. The van der Waals surface area contributed by atoms with Crippen LogP contribution in [0.15, 0.2) is 52.0 Å². The minimum absolute atomic E-state index is 0.0555. The van der Waals surface area contributed by atoms with E-state index in [-0.39, 0.29) is 11.6 Å². The first kappa shape index (κ1) is 18.9. The van der Waals surface area contributed by atoms with Gasteiger partial charge in [-0.1, -0.05) is 18.2 Å². The second-order valence-corrected chi connectivity index (χ2v) is 8.47. The highest BCUT2D eigenvalue weighted by atomic mass is 32.1. The van der Waals surface area contributed by atoms with E-state index in [1.165, 1.54) is 16.9 Å². The van der Waals surface area contributed by atoms with Crippen LogP contribution in [0.25, 0.3) is 20.7 Å². The van der Waals surface area contributed by atoms with E-state index in [1.54, 1.807) is 18.4 Å². The van der Waals surface area contributed by atoms with Crippen molar-refractivity contribution in [3.05, 3.63) is 68.9 Å². The van der Waals surface area contributed by atoms with Crippen molar-refractivity contribution in [3.8, 4) is 16.2 Å². The number of nitrogens with zero attached hydrogens (tertiary/aromatic N) is 1. The molecule has 0 aliphatic rings. The number of hydrogen-bond acceptors (Lipinski definition) is 5. The Morgan fingerprint density at radius 3 is 2.75 bits per heavy atom. The summed E-state index contributed by atoms with van der Waals surface area (Å²) in [5.41, 5.74) is 2.19. The van der Waals surface area contributed by atoms with Gasteiger partial charge in [0.05, 0.1) is 19.0 Å². The minimum atomic E-state index is -0.0555. The largest absolute Gasteiger partial charge is 0.497 e. The first-order valence-corrected chi connectivity index (χ1v) is 10.9. The number of rotatable bonds is 7. The van der Waals surface area contributed by atoms with Crippen LogP contribution in [-0.4, -0.2) is 23.6 Å². The van der Waals surface area contributed by atoms with Gasteiger partial charge in [0.1, 0.15) is 16.6 Å². The molecular formula is C21H22N3O2S2+. The Labute approximate surface area is 171 Å². The van der Waals surface area contributed by atoms with Crippen molar-refractivity contribution in [1.29, 1.82) is 0 Å². The van der Waals surface area contributed by atoms with Gasteiger partial charge in [-0.25, -0.2) is 4.98 Å². The number of thiophene rings is 2. The van der Waals surface area contributed by atoms with Gasteiger partial charge in [0.25, 0.3) is 5.56 Å². The normalized spacial score (nSPS) is 12.4. The zero-order chi connectivity index (χ0) is 19.5. The van der Waals surface area contributed by atoms with Crippen LogP contribution < -0.4 is 15.6 Å². The standard InChI is InChI=1S/C21H21N3O2S2/c1-13(22-10-9-14-5-7-15(26-2)8-6-14)19-23-20(25)18-16(12-28-21(18)24-19)17-4-3-11-27-17/h3-8,11-13,22H,9-10H2,1-2H3,(H,23,24,25)/p+1/t13-/m0/s1. The third-order valence-corrected chi connectivity index (χ3v) is 6.57. The maximum atomic E-state index is 12.7. The van der Waals surface area contributed by atoms with Gasteiger partial charge in [-0.15, -0.1) is 22.7 Å². The van der Waals surface area contributed by atoms with E-state index in [0.29, 0.717) is 5.39 Å². The smallest absolute Gasteiger partial charge is 0.260 e. The third kappa shape index (κ3) is 3.87. The third-order valence-electron chi connectivity index (χ3n) is 4.79. The number of aromatic amines is 1. The van der Waals surface area contributed by atoms with Crippen molar-refractivity contribution in [3.63, 3.8) is 0 Å². The lowest BCUT2D eigenvalue weighted by atomic mass is 10.1. The number of aromatic nitrogens is 2. The van der Waals surface area contributed by atoms with Crippen LogP contribution in [0.5, 0.6) is 5.75 Å². The SMILES string of the molecule is COc1ccc(CC[NH2+][C@@H](C)c2nc3scc(-c4cccs4)c3c(=O)[nH]2)cc1. The number of H-pyrrole nitrogens is 1. The van der Waals surface area contributed by atoms with E-state index in [1.807, 2.05) is 35.0 Å². The molecule has 144 valence electrons. The Hall–Kier alpha value is -2.48. The van der Waals surface area contributed by atoms with Crippen LogP contribution in [0, 0.1) is 0 Å². The fourth-order valence-electron chi connectivity index (χ4n) is 3.20. The molecule has 3 N–H and O–H groups in total. The van der Waals surface area contributed by atoms with E-state index < -0.39 is 0 Å². The highest BCUT2D eigenvalue weighted by molar-refractivity contribution is 7.18. The van der Waals surface area contributed by atoms with Crippen LogP contribution in [0.4, 0.5) is 0 Å². The van der Waals surface area contributed by atoms with Gasteiger partial charge in [-0.05, 0) is 36.1 Å². The molecule has 4 rings (SSSR count). The fraction of sp³-hybridized carbons (Fsp3) is 0.238. The van der Waals surface area contributed by atoms with E-state index >= 15 is 0 Å². The highest BCUT2D eigenvalue weighted by Crippen LogP contribution is 2.33. The van der Waals surface area contributed by atoms with Gasteiger partial charge in [0, 0.05) is 22.2 Å². The predicted octanol–water partition coefficient (Wildman–Crippen LogP) is 3.59. The summed E-state index contributed by atoms with van der Waals surface area (Å²) in [4.78, 5) is 22.4. The molecule has 7 heteroatoms. The average molecular weight is 413 g/mol. The molecule has 1 atom stereocenters. The lowest BCUT2D eigenvalue weighted by Gasteiger charge is -2.10. The molecule has 28 heavy (non-hydrogen) atoms. The number of benzene rings is 1. The number of ether oxygens (including phenoxy) is 1. The molecule has 0 radical (unpaired) electrons. The Bertz CT molecular complexity index is 1110. The maximum absolute atomic E-state index is 12.7. The van der Waals surface area contributed by atoms with Crippen molar-refractivity contribution >= 4 is 32.9 Å². The van der Waals surface area contributed by atoms with Crippen molar-refractivity contribution in [2.45, 2.75) is 19.4 Å². The summed E-state index contributed by atoms with van der Waals surface area (Å²) in [5.74, 6) is 1.60. The maximum Gasteiger partial charge on any atom is 0.260 e. The van der Waals surface area contributed by atoms with Crippen molar-refractivity contribution in [2.24, 2.45) is 0 Å². The predicted molar refractivity (Wildman–Crippen MR) is 115 cm³/mol. The Morgan fingerprint density at radius 1 is 1.21 bits per heavy atom. The van der Waals surface area contributed by atoms with Crippen LogP contribution in [0.3, 0.4) is 0 Å². The summed E-state index contributed by atoms with van der Waals surface area (Å²) in [6.07, 6.45) is 0.947. The van der Waals surface area contributed by atoms with Crippen molar-refractivity contribution < 1.29 is 10.1 Å². The number of fused-ring (bicyclic) bond motifs is 1. The quantitative estimate of drug-likeness (QED) is 0.487. The van der Waals surface area contributed by atoms with Gasteiger partial charge in [-0.3, -0.25) is 4.79 Å². The van der Waals surface area contributed by atoms with Gasteiger partial charge < -0.3 is 15.0 Å². The molecule has 3 aromatic heterocycles. The Kier molecular flexibility index (Phi) is 5.57. The van der Waals surface area contributed by atoms with Crippen LogP contribution in [0.1, 0.15) is 24.4 Å². The van der Waals surface area contributed by atoms with E-state index in [2.05, 4.69) is 29.4 Å². The molecule has 0 saturated heterocycles. The second-order valence-electron chi connectivity index (χ2n) is 6.67. The first-order chi connectivity index (χ1) is 13.7. The molecule has 0 bridgehead atoms. The summed E-state index contributed by atoms with van der Waals surface area (Å²) >= 11 is 3.17. The average Bonchev–Trinajstić information content (AvgIpc) is 3.38. The molecule has 1 aromatic carbocycles. The lowest BCUT2D eigenvalue weighted by Crippen LogP contribution is -2.85. The molecule has 3 heterocycles. The molecule has 0 aliphatic carbocycles. The molecule has 5 nitrogen and oxygen atoms in total. The zero-order valence-electron chi connectivity index (χ0n) is 15.8. The highest BCUT2D eigenvalue weighted by Gasteiger charge is 2.17. The molecule has 0 fully saturated rings. The Balaban J connectivity index is 1.47. The van der Waals surface area contributed by atoms with E-state index in [4.69, 9.17) is 9.72 Å². The van der Waals surface area contributed by atoms with Gasteiger partial charge in [-0.2, -0.15) is 0 Å². The number of hydrogen-bond donors (Lipinski definition) is 2. The molecule has 0 spiro atoms. The fourth-order valence-corrected chi connectivity index (χ4v) is 4.97. The minimum Gasteiger partial charge on any atom is -0.497 e. The molecule has 0 aliphatic heterocycles. The van der Waals surface area contributed by atoms with Gasteiger partial charge >= 0.3 is 0 Å². The van der Waals surface area contributed by atoms with Crippen molar-refractivity contribution in [1.82, 2.24) is 9.97 Å². The summed E-state index contributed by atoms with van der Waals surface area (Å²) < 4.78 is 5.19. The Morgan fingerprint density at radius 2 is 2.04 bits per heavy atom. The van der Waals surface area contributed by atoms with Crippen LogP contribution in [-0.2, 0) is 6.42 Å². The lowest BCUT2D eigenvalue weighted by molar-refractivity contribution is -0.693. The van der Waals surface area contributed by atoms with Gasteiger partial charge in [0.2, 0.25) is 0 Å². The molecule has 0 amide bonds. The summed E-state index contributed by atoms with van der Waals surface area (Å²) in [7, 11) is 1.67. The molecule has 0 unspecified atom stereocenters. The second kappa shape index (κ2) is 8.26. The number of nitrogens with two attached hydrogens (primary N) is 1. The summed E-state index contributed by atoms with van der Waals surface area (Å²) in [5, 5.41) is 6.96. The van der Waals surface area contributed by atoms with E-state index in [9.17, 15) is 4.79 Å². The summed E-state index contributed by atoms with van der Waals surface area (Å²) in [6.45, 7) is 2.99. The molecular weight excluding hydrogens is 390 g/mol. The van der Waals surface area contributed by atoms with Crippen LogP contribution >= 0.6 is 22.7 Å². The summed E-state index contributed by atoms with van der Waals surface area (Å²) in [6, 6.07) is 12.3. The topological polar surface area (TPSA) is 71.6 Å².